The lowest BCUT2D eigenvalue weighted by Crippen LogP contribution is -2.44. The number of likely N-dealkylation sites (tertiary alicyclic amines) is 1. The summed E-state index contributed by atoms with van der Waals surface area (Å²) in [4.78, 5) is 15.2. The van der Waals surface area contributed by atoms with Gasteiger partial charge in [0.2, 0.25) is 5.91 Å². The van der Waals surface area contributed by atoms with E-state index in [0.717, 1.165) is 41.6 Å². The molecule has 1 aromatic carbocycles. The molecule has 1 heterocycles. The number of carbonyl (C=O) groups excluding carboxylic acids is 1. The highest BCUT2D eigenvalue weighted by molar-refractivity contribution is 7.99. The van der Waals surface area contributed by atoms with Crippen LogP contribution in [0.1, 0.15) is 19.3 Å². The second-order valence-corrected chi connectivity index (χ2v) is 6.52. The minimum absolute atomic E-state index is 0. The fraction of sp³-hybridized carbons (Fsp3) is 0.533. The Kier molecular flexibility index (Phi) is 8.49. The van der Waals surface area contributed by atoms with Gasteiger partial charge in [-0.05, 0) is 32.0 Å². The number of hydrogen-bond acceptors (Lipinski definition) is 3. The normalized spacial score (nSPS) is 15.6. The zero-order valence-electron chi connectivity index (χ0n) is 12.2. The maximum absolute atomic E-state index is 12.1. The van der Waals surface area contributed by atoms with Gasteiger partial charge in [0.15, 0.2) is 0 Å². The Morgan fingerprint density at radius 3 is 2.67 bits per heavy atom. The molecule has 1 amide bonds. The second kappa shape index (κ2) is 9.57. The molecule has 2 rings (SSSR count). The summed E-state index contributed by atoms with van der Waals surface area (Å²) in [6, 6.07) is 8.34. The molecule has 0 aromatic heterocycles. The molecule has 0 spiro atoms. The van der Waals surface area contributed by atoms with E-state index in [-0.39, 0.29) is 18.3 Å². The molecule has 0 aliphatic carbocycles. The lowest BCUT2D eigenvalue weighted by Gasteiger charge is -2.31. The predicted molar refractivity (Wildman–Crippen MR) is 92.7 cm³/mol. The number of carbonyl (C=O) groups is 1. The SMILES string of the molecule is CNC1CCN(C(=O)CCSc2ccccc2Cl)CC1.Cl. The number of benzene rings is 1. The van der Waals surface area contributed by atoms with Gasteiger partial charge in [-0.1, -0.05) is 23.7 Å². The molecule has 6 heteroatoms. The summed E-state index contributed by atoms with van der Waals surface area (Å²) >= 11 is 7.75. The van der Waals surface area contributed by atoms with Crippen molar-refractivity contribution in [2.75, 3.05) is 25.9 Å². The lowest BCUT2D eigenvalue weighted by atomic mass is 10.1. The summed E-state index contributed by atoms with van der Waals surface area (Å²) < 4.78 is 0. The molecular formula is C15H22Cl2N2OS. The van der Waals surface area contributed by atoms with Crippen LogP contribution >= 0.6 is 35.8 Å². The first-order chi connectivity index (χ1) is 9.70. The molecule has 1 fully saturated rings. The molecule has 1 saturated heterocycles. The number of thioether (sulfide) groups is 1. The van der Waals surface area contributed by atoms with E-state index in [2.05, 4.69) is 5.32 Å². The molecule has 1 aromatic rings. The van der Waals surface area contributed by atoms with Crippen LogP contribution in [-0.4, -0.2) is 42.7 Å². The van der Waals surface area contributed by atoms with Gasteiger partial charge in [0.25, 0.3) is 0 Å². The van der Waals surface area contributed by atoms with Crippen LogP contribution in [-0.2, 0) is 4.79 Å². The van der Waals surface area contributed by atoms with Gasteiger partial charge in [-0.3, -0.25) is 4.79 Å². The third-order valence-corrected chi connectivity index (χ3v) is 5.18. The third-order valence-electron chi connectivity index (χ3n) is 3.67. The number of hydrogen-bond donors (Lipinski definition) is 1. The van der Waals surface area contributed by atoms with Crippen LogP contribution in [0.5, 0.6) is 0 Å². The highest BCUT2D eigenvalue weighted by Gasteiger charge is 2.21. The largest absolute Gasteiger partial charge is 0.343 e. The first-order valence-electron chi connectivity index (χ1n) is 7.03. The molecule has 1 aliphatic heterocycles. The van der Waals surface area contributed by atoms with Crippen LogP contribution in [0.25, 0.3) is 0 Å². The lowest BCUT2D eigenvalue weighted by molar-refractivity contribution is -0.131. The maximum atomic E-state index is 12.1. The van der Waals surface area contributed by atoms with Crippen LogP contribution in [0, 0.1) is 0 Å². The number of nitrogens with one attached hydrogen (secondary N) is 1. The van der Waals surface area contributed by atoms with Crippen molar-refractivity contribution < 1.29 is 4.79 Å². The van der Waals surface area contributed by atoms with Crippen molar-refractivity contribution in [3.63, 3.8) is 0 Å². The van der Waals surface area contributed by atoms with Gasteiger partial charge in [-0.2, -0.15) is 0 Å². The van der Waals surface area contributed by atoms with Gasteiger partial charge in [0, 0.05) is 36.2 Å². The number of nitrogens with zero attached hydrogens (tertiary/aromatic N) is 1. The fourth-order valence-corrected chi connectivity index (χ4v) is 3.56. The Morgan fingerprint density at radius 2 is 2.05 bits per heavy atom. The number of piperidine rings is 1. The third kappa shape index (κ3) is 5.70. The Morgan fingerprint density at radius 1 is 1.38 bits per heavy atom. The molecule has 0 bridgehead atoms. The minimum atomic E-state index is 0. The van der Waals surface area contributed by atoms with Gasteiger partial charge in [-0.25, -0.2) is 0 Å². The zero-order valence-corrected chi connectivity index (χ0v) is 14.6. The van der Waals surface area contributed by atoms with E-state index >= 15 is 0 Å². The van der Waals surface area contributed by atoms with E-state index in [4.69, 9.17) is 11.6 Å². The minimum Gasteiger partial charge on any atom is -0.343 e. The molecule has 0 saturated carbocycles. The quantitative estimate of drug-likeness (QED) is 0.827. The molecule has 1 aliphatic rings. The van der Waals surface area contributed by atoms with Crippen molar-refractivity contribution in [1.82, 2.24) is 10.2 Å². The fourth-order valence-electron chi connectivity index (χ4n) is 2.39. The Balaban J connectivity index is 0.00000220. The van der Waals surface area contributed by atoms with Crippen LogP contribution in [0.15, 0.2) is 29.2 Å². The molecule has 0 atom stereocenters. The van der Waals surface area contributed by atoms with Crippen molar-refractivity contribution >= 4 is 41.7 Å². The topological polar surface area (TPSA) is 32.3 Å². The first kappa shape index (κ1) is 18.6. The van der Waals surface area contributed by atoms with Crippen molar-refractivity contribution in [2.45, 2.75) is 30.2 Å². The van der Waals surface area contributed by atoms with E-state index in [0.29, 0.717) is 12.5 Å². The summed E-state index contributed by atoms with van der Waals surface area (Å²) in [6.07, 6.45) is 2.69. The van der Waals surface area contributed by atoms with Crippen molar-refractivity contribution in [3.8, 4) is 0 Å². The van der Waals surface area contributed by atoms with Gasteiger partial charge < -0.3 is 10.2 Å². The monoisotopic (exact) mass is 348 g/mol. The van der Waals surface area contributed by atoms with E-state index in [1.54, 1.807) is 11.8 Å². The van der Waals surface area contributed by atoms with E-state index in [1.807, 2.05) is 36.2 Å². The highest BCUT2D eigenvalue weighted by Crippen LogP contribution is 2.27. The van der Waals surface area contributed by atoms with E-state index in [1.165, 1.54) is 0 Å². The molecular weight excluding hydrogens is 327 g/mol. The van der Waals surface area contributed by atoms with Gasteiger partial charge in [0.1, 0.15) is 0 Å². The van der Waals surface area contributed by atoms with Gasteiger partial charge in [-0.15, -0.1) is 24.2 Å². The average molecular weight is 349 g/mol. The predicted octanol–water partition coefficient (Wildman–Crippen LogP) is 3.45. The Labute approximate surface area is 142 Å². The molecule has 118 valence electrons. The maximum Gasteiger partial charge on any atom is 0.223 e. The van der Waals surface area contributed by atoms with Gasteiger partial charge in [0.05, 0.1) is 5.02 Å². The number of halogens is 2. The summed E-state index contributed by atoms with van der Waals surface area (Å²) in [5, 5.41) is 4.04. The molecule has 1 N–H and O–H groups in total. The van der Waals surface area contributed by atoms with Crippen LogP contribution in [0.2, 0.25) is 5.02 Å². The molecule has 0 radical (unpaired) electrons. The smallest absolute Gasteiger partial charge is 0.223 e. The first-order valence-corrected chi connectivity index (χ1v) is 8.39. The van der Waals surface area contributed by atoms with Gasteiger partial charge >= 0.3 is 0 Å². The van der Waals surface area contributed by atoms with Crippen LogP contribution < -0.4 is 5.32 Å². The Hall–Kier alpha value is -0.420. The van der Waals surface area contributed by atoms with Crippen molar-refractivity contribution in [2.24, 2.45) is 0 Å². The summed E-state index contributed by atoms with van der Waals surface area (Å²) in [5.41, 5.74) is 0. The van der Waals surface area contributed by atoms with Crippen LogP contribution in [0.4, 0.5) is 0 Å². The van der Waals surface area contributed by atoms with E-state index in [9.17, 15) is 4.79 Å². The molecule has 21 heavy (non-hydrogen) atoms. The molecule has 0 unspecified atom stereocenters. The summed E-state index contributed by atoms with van der Waals surface area (Å²) in [7, 11) is 1.99. The van der Waals surface area contributed by atoms with E-state index < -0.39 is 0 Å². The summed E-state index contributed by atoms with van der Waals surface area (Å²) in [6.45, 7) is 1.75. The van der Waals surface area contributed by atoms with Crippen molar-refractivity contribution in [3.05, 3.63) is 29.3 Å². The number of rotatable bonds is 5. The highest BCUT2D eigenvalue weighted by atomic mass is 35.5. The average Bonchev–Trinajstić information content (AvgIpc) is 2.49. The summed E-state index contributed by atoms with van der Waals surface area (Å²) in [5.74, 6) is 1.05. The molecule has 3 nitrogen and oxygen atoms in total. The second-order valence-electron chi connectivity index (χ2n) is 4.97. The standard InChI is InChI=1S/C15H21ClN2OS.ClH/c1-17-12-6-9-18(10-7-12)15(19)8-11-20-14-5-3-2-4-13(14)16;/h2-5,12,17H,6-11H2,1H3;1H. The Bertz CT molecular complexity index is 451. The van der Waals surface area contributed by atoms with Crippen LogP contribution in [0.3, 0.4) is 0 Å². The van der Waals surface area contributed by atoms with Crippen molar-refractivity contribution in [1.29, 1.82) is 0 Å². The zero-order chi connectivity index (χ0) is 14.4. The number of amides is 1.